The van der Waals surface area contributed by atoms with Crippen molar-refractivity contribution in [2.45, 2.75) is 75.8 Å². The first-order valence-corrected chi connectivity index (χ1v) is 10.0. The largest absolute Gasteiger partial charge is 0.394 e. The molecule has 1 aromatic rings. The Balaban J connectivity index is 1.58. The third kappa shape index (κ3) is 3.13. The minimum Gasteiger partial charge on any atom is -0.394 e. The van der Waals surface area contributed by atoms with Crippen LogP contribution in [0.1, 0.15) is 63.5 Å². The van der Waals surface area contributed by atoms with Crippen molar-refractivity contribution in [3.05, 3.63) is 35.4 Å². The molecule has 1 aromatic carbocycles. The second kappa shape index (κ2) is 5.98. The Hall–Kier alpha value is -1.55. The summed E-state index contributed by atoms with van der Waals surface area (Å²) in [6.07, 6.45) is 7.09. The van der Waals surface area contributed by atoms with E-state index in [1.54, 1.807) is 0 Å². The van der Waals surface area contributed by atoms with Gasteiger partial charge in [0.05, 0.1) is 12.1 Å². The molecular formula is C22H32N2O2. The molecular weight excluding hydrogens is 324 g/mol. The lowest BCUT2D eigenvalue weighted by atomic mass is 9.45. The Morgan fingerprint density at radius 2 is 1.77 bits per heavy atom. The van der Waals surface area contributed by atoms with E-state index in [1.807, 2.05) is 13.8 Å². The summed E-state index contributed by atoms with van der Waals surface area (Å²) in [5.74, 6) is 1.42. The van der Waals surface area contributed by atoms with Gasteiger partial charge < -0.3 is 15.7 Å². The van der Waals surface area contributed by atoms with Crippen molar-refractivity contribution >= 4 is 6.03 Å². The van der Waals surface area contributed by atoms with Gasteiger partial charge in [-0.25, -0.2) is 4.79 Å². The van der Waals surface area contributed by atoms with Gasteiger partial charge in [0.15, 0.2) is 0 Å². The molecule has 0 unspecified atom stereocenters. The molecule has 0 aromatic heterocycles. The Bertz CT molecular complexity index is 681. The summed E-state index contributed by atoms with van der Waals surface area (Å²) >= 11 is 0. The van der Waals surface area contributed by atoms with E-state index in [4.69, 9.17) is 0 Å². The number of hydrogen-bond donors (Lipinski definition) is 3. The van der Waals surface area contributed by atoms with Crippen LogP contribution in [-0.2, 0) is 5.41 Å². The van der Waals surface area contributed by atoms with Gasteiger partial charge in [-0.2, -0.15) is 0 Å². The molecule has 0 aliphatic heterocycles. The zero-order chi connectivity index (χ0) is 18.6. The molecule has 5 rings (SSSR count). The fraction of sp³-hybridized carbons (Fsp3) is 0.682. The average Bonchev–Trinajstić information content (AvgIpc) is 2.52. The maximum absolute atomic E-state index is 12.7. The molecule has 4 heteroatoms. The molecule has 4 aliphatic carbocycles. The molecule has 142 valence electrons. The van der Waals surface area contributed by atoms with Crippen molar-refractivity contribution in [2.75, 3.05) is 6.61 Å². The minimum absolute atomic E-state index is 0.0635. The maximum Gasteiger partial charge on any atom is 0.315 e. The number of aliphatic hydroxyl groups excluding tert-OH is 1. The predicted molar refractivity (Wildman–Crippen MR) is 103 cm³/mol. The highest BCUT2D eigenvalue weighted by atomic mass is 16.3. The van der Waals surface area contributed by atoms with Crippen molar-refractivity contribution in [1.82, 2.24) is 10.6 Å². The summed E-state index contributed by atoms with van der Waals surface area (Å²) in [7, 11) is 0. The smallest absolute Gasteiger partial charge is 0.315 e. The molecule has 4 fully saturated rings. The minimum atomic E-state index is -0.596. The summed E-state index contributed by atoms with van der Waals surface area (Å²) in [5.41, 5.74) is 2.29. The van der Waals surface area contributed by atoms with Crippen LogP contribution in [0.5, 0.6) is 0 Å². The molecule has 0 spiro atoms. The van der Waals surface area contributed by atoms with E-state index in [-0.39, 0.29) is 23.6 Å². The third-order valence-electron chi connectivity index (χ3n) is 6.95. The standard InChI is InChI=1S/C22H32N2O2/c1-15-4-6-18(7-5-15)21-9-16-8-17(10-21)12-22(11-16,13-21)24-19(26)23-20(2,3)14-25/h4-7,16-17,25H,8-14H2,1-3H3,(H2,23,24,26)/t16-,17-,21?,22?/m0/s1. The zero-order valence-corrected chi connectivity index (χ0v) is 16.3. The van der Waals surface area contributed by atoms with Crippen LogP contribution in [0.25, 0.3) is 0 Å². The lowest BCUT2D eigenvalue weighted by molar-refractivity contribution is -0.0354. The molecule has 4 bridgehead atoms. The van der Waals surface area contributed by atoms with Crippen LogP contribution in [0.4, 0.5) is 4.79 Å². The Kier molecular flexibility index (Phi) is 4.11. The molecule has 26 heavy (non-hydrogen) atoms. The van der Waals surface area contributed by atoms with Gasteiger partial charge in [0.25, 0.3) is 0 Å². The summed E-state index contributed by atoms with van der Waals surface area (Å²) in [4.78, 5) is 12.7. The molecule has 0 radical (unpaired) electrons. The number of hydrogen-bond acceptors (Lipinski definition) is 2. The fourth-order valence-electron chi connectivity index (χ4n) is 6.27. The van der Waals surface area contributed by atoms with Crippen LogP contribution in [0, 0.1) is 18.8 Å². The van der Waals surface area contributed by atoms with E-state index >= 15 is 0 Å². The van der Waals surface area contributed by atoms with E-state index < -0.39 is 5.54 Å². The summed E-state index contributed by atoms with van der Waals surface area (Å²) in [6.45, 7) is 5.77. The van der Waals surface area contributed by atoms with Gasteiger partial charge in [-0.15, -0.1) is 0 Å². The molecule has 4 saturated carbocycles. The van der Waals surface area contributed by atoms with Gasteiger partial charge in [0.1, 0.15) is 0 Å². The van der Waals surface area contributed by atoms with Crippen molar-refractivity contribution in [1.29, 1.82) is 0 Å². The number of rotatable bonds is 4. The fourth-order valence-corrected chi connectivity index (χ4v) is 6.27. The number of urea groups is 1. The maximum atomic E-state index is 12.7. The SMILES string of the molecule is Cc1ccc(C23C[C@@H]4C[C@H](CC(NC(=O)NC(C)(C)CO)(C4)C2)C3)cc1. The lowest BCUT2D eigenvalue weighted by Gasteiger charge is -2.62. The number of carbonyl (C=O) groups is 1. The summed E-state index contributed by atoms with van der Waals surface area (Å²) in [5, 5.41) is 15.7. The van der Waals surface area contributed by atoms with Crippen LogP contribution in [0.15, 0.2) is 24.3 Å². The van der Waals surface area contributed by atoms with Crippen LogP contribution in [0.3, 0.4) is 0 Å². The Morgan fingerprint density at radius 3 is 2.35 bits per heavy atom. The van der Waals surface area contributed by atoms with Crippen molar-refractivity contribution < 1.29 is 9.90 Å². The quantitative estimate of drug-likeness (QED) is 0.771. The normalized spacial score (nSPS) is 35.4. The van der Waals surface area contributed by atoms with Gasteiger partial charge in [-0.1, -0.05) is 29.8 Å². The van der Waals surface area contributed by atoms with Crippen molar-refractivity contribution in [3.8, 4) is 0 Å². The lowest BCUT2D eigenvalue weighted by Crippen LogP contribution is -2.66. The average molecular weight is 357 g/mol. The van der Waals surface area contributed by atoms with Gasteiger partial charge in [0.2, 0.25) is 0 Å². The van der Waals surface area contributed by atoms with E-state index in [9.17, 15) is 9.90 Å². The summed E-state index contributed by atoms with van der Waals surface area (Å²) in [6, 6.07) is 8.94. The molecule has 0 saturated heterocycles. The molecule has 3 N–H and O–H groups in total. The first kappa shape index (κ1) is 17.8. The second-order valence-corrected chi connectivity index (χ2v) is 10.0. The first-order valence-electron chi connectivity index (χ1n) is 10.0. The van der Waals surface area contributed by atoms with Gasteiger partial charge in [0, 0.05) is 5.54 Å². The highest BCUT2D eigenvalue weighted by Crippen LogP contribution is 2.62. The van der Waals surface area contributed by atoms with Gasteiger partial charge in [-0.05, 0) is 82.1 Å². The third-order valence-corrected chi connectivity index (χ3v) is 6.95. The number of benzene rings is 1. The number of amides is 2. The molecule has 4 nitrogen and oxygen atoms in total. The monoisotopic (exact) mass is 356 g/mol. The predicted octanol–water partition coefficient (Wildman–Crippen LogP) is 3.66. The topological polar surface area (TPSA) is 61.4 Å². The second-order valence-electron chi connectivity index (χ2n) is 10.0. The highest BCUT2D eigenvalue weighted by Gasteiger charge is 2.58. The molecule has 4 aliphatic rings. The van der Waals surface area contributed by atoms with E-state index in [1.165, 1.54) is 30.4 Å². The first-order chi connectivity index (χ1) is 12.2. The van der Waals surface area contributed by atoms with E-state index in [0.717, 1.165) is 19.3 Å². The van der Waals surface area contributed by atoms with E-state index in [2.05, 4.69) is 41.8 Å². The highest BCUT2D eigenvalue weighted by molar-refractivity contribution is 5.75. The van der Waals surface area contributed by atoms with E-state index in [0.29, 0.717) is 11.8 Å². The van der Waals surface area contributed by atoms with Crippen LogP contribution in [0.2, 0.25) is 0 Å². The van der Waals surface area contributed by atoms with Crippen LogP contribution < -0.4 is 10.6 Å². The van der Waals surface area contributed by atoms with Crippen LogP contribution >= 0.6 is 0 Å². The van der Waals surface area contributed by atoms with Crippen LogP contribution in [-0.4, -0.2) is 28.8 Å². The molecule has 2 atom stereocenters. The number of carbonyl (C=O) groups excluding carboxylic acids is 1. The summed E-state index contributed by atoms with van der Waals surface area (Å²) < 4.78 is 0. The Morgan fingerprint density at radius 1 is 1.15 bits per heavy atom. The Labute approximate surface area is 156 Å². The molecule has 2 amide bonds. The number of nitrogens with one attached hydrogen (secondary N) is 2. The van der Waals surface area contributed by atoms with Gasteiger partial charge in [-0.3, -0.25) is 0 Å². The molecule has 0 heterocycles. The van der Waals surface area contributed by atoms with Gasteiger partial charge >= 0.3 is 6.03 Å². The number of aliphatic hydroxyl groups is 1. The van der Waals surface area contributed by atoms with Crippen molar-refractivity contribution in [3.63, 3.8) is 0 Å². The number of aryl methyl sites for hydroxylation is 1. The van der Waals surface area contributed by atoms with Crippen molar-refractivity contribution in [2.24, 2.45) is 11.8 Å². The zero-order valence-electron chi connectivity index (χ0n) is 16.3.